The molecule has 0 saturated carbocycles. The molecule has 31 heavy (non-hydrogen) atoms. The summed E-state index contributed by atoms with van der Waals surface area (Å²) >= 11 is 6.02. The van der Waals surface area contributed by atoms with Crippen LogP contribution in [-0.2, 0) is 0 Å². The van der Waals surface area contributed by atoms with Gasteiger partial charge >= 0.3 is 0 Å². The van der Waals surface area contributed by atoms with Crippen LogP contribution in [0.3, 0.4) is 0 Å². The number of nitrogens with zero attached hydrogens (tertiary/aromatic N) is 2. The van der Waals surface area contributed by atoms with E-state index < -0.39 is 4.92 Å². The standard InChI is InChI=1S/C23H22ClN3O4/c1-17-15-21(11-12-22(17)24)30-13-4-14-31-23-6-3-2-5-18(23)16-25-26-19-7-9-20(10-8-19)27(28)29/h2-3,5-12,15-16,26H,4,13-14H2,1H3/b25-16-. The molecule has 3 rings (SSSR count). The number of ether oxygens (including phenoxy) is 2. The van der Waals surface area contributed by atoms with Crippen LogP contribution in [0.1, 0.15) is 17.5 Å². The molecule has 0 aromatic heterocycles. The van der Waals surface area contributed by atoms with Crippen LogP contribution in [0.2, 0.25) is 5.02 Å². The molecule has 0 saturated heterocycles. The Morgan fingerprint density at radius 2 is 1.81 bits per heavy atom. The number of para-hydroxylation sites is 1. The van der Waals surface area contributed by atoms with Crippen LogP contribution in [0, 0.1) is 17.0 Å². The average molecular weight is 440 g/mol. The number of halogens is 1. The van der Waals surface area contributed by atoms with Crippen molar-refractivity contribution < 1.29 is 14.4 Å². The van der Waals surface area contributed by atoms with Crippen molar-refractivity contribution in [3.8, 4) is 11.5 Å². The van der Waals surface area contributed by atoms with E-state index in [0.29, 0.717) is 31.1 Å². The fourth-order valence-electron chi connectivity index (χ4n) is 2.69. The van der Waals surface area contributed by atoms with Crippen LogP contribution in [-0.4, -0.2) is 24.4 Å². The number of hydrogen-bond donors (Lipinski definition) is 1. The highest BCUT2D eigenvalue weighted by Crippen LogP contribution is 2.21. The fourth-order valence-corrected chi connectivity index (χ4v) is 2.81. The molecule has 0 unspecified atom stereocenters. The molecule has 0 radical (unpaired) electrons. The maximum absolute atomic E-state index is 10.7. The molecule has 1 N–H and O–H groups in total. The first-order chi connectivity index (χ1) is 15.0. The fraction of sp³-hybridized carbons (Fsp3) is 0.174. The number of benzene rings is 3. The van der Waals surface area contributed by atoms with Gasteiger partial charge in [0.15, 0.2) is 0 Å². The summed E-state index contributed by atoms with van der Waals surface area (Å²) in [6, 6.07) is 19.2. The lowest BCUT2D eigenvalue weighted by Crippen LogP contribution is -2.06. The molecule has 0 heterocycles. The minimum atomic E-state index is -0.442. The molecule has 0 aliphatic rings. The third-order valence-electron chi connectivity index (χ3n) is 4.34. The SMILES string of the molecule is Cc1cc(OCCCOc2ccccc2/C=N\Nc2ccc([N+](=O)[O-])cc2)ccc1Cl. The summed E-state index contributed by atoms with van der Waals surface area (Å²) in [6.45, 7) is 2.96. The summed E-state index contributed by atoms with van der Waals surface area (Å²) in [7, 11) is 0. The van der Waals surface area contributed by atoms with E-state index in [9.17, 15) is 10.1 Å². The summed E-state index contributed by atoms with van der Waals surface area (Å²) in [5.74, 6) is 1.49. The van der Waals surface area contributed by atoms with Crippen LogP contribution in [0.15, 0.2) is 71.8 Å². The molecular formula is C23H22ClN3O4. The lowest BCUT2D eigenvalue weighted by Gasteiger charge is -2.10. The topological polar surface area (TPSA) is 86.0 Å². The number of hydrogen-bond acceptors (Lipinski definition) is 6. The second kappa shape index (κ2) is 11.0. The van der Waals surface area contributed by atoms with Gasteiger partial charge in [0.1, 0.15) is 11.5 Å². The molecule has 3 aromatic rings. The third-order valence-corrected chi connectivity index (χ3v) is 4.76. The van der Waals surface area contributed by atoms with Gasteiger partial charge in [-0.15, -0.1) is 0 Å². The van der Waals surface area contributed by atoms with Gasteiger partial charge in [0.2, 0.25) is 0 Å². The maximum Gasteiger partial charge on any atom is 0.269 e. The Kier molecular flexibility index (Phi) is 7.84. The zero-order valence-corrected chi connectivity index (χ0v) is 17.7. The van der Waals surface area contributed by atoms with Crippen LogP contribution in [0.25, 0.3) is 0 Å². The van der Waals surface area contributed by atoms with Crippen molar-refractivity contribution in [1.29, 1.82) is 0 Å². The van der Waals surface area contributed by atoms with Crippen molar-refractivity contribution in [1.82, 2.24) is 0 Å². The molecule has 0 aliphatic carbocycles. The summed E-state index contributed by atoms with van der Waals surface area (Å²) in [5.41, 5.74) is 5.32. The summed E-state index contributed by atoms with van der Waals surface area (Å²) in [4.78, 5) is 10.3. The highest BCUT2D eigenvalue weighted by Gasteiger charge is 2.04. The van der Waals surface area contributed by atoms with Crippen molar-refractivity contribution in [2.45, 2.75) is 13.3 Å². The Hall–Kier alpha value is -3.58. The Morgan fingerprint density at radius 1 is 1.06 bits per heavy atom. The van der Waals surface area contributed by atoms with Gasteiger partial charge in [-0.25, -0.2) is 0 Å². The van der Waals surface area contributed by atoms with E-state index in [1.165, 1.54) is 12.1 Å². The highest BCUT2D eigenvalue weighted by atomic mass is 35.5. The van der Waals surface area contributed by atoms with Crippen LogP contribution >= 0.6 is 11.6 Å². The summed E-state index contributed by atoms with van der Waals surface area (Å²) < 4.78 is 11.6. The van der Waals surface area contributed by atoms with Gasteiger partial charge in [0, 0.05) is 29.1 Å². The first-order valence-electron chi connectivity index (χ1n) is 9.67. The van der Waals surface area contributed by atoms with Gasteiger partial charge in [0.25, 0.3) is 5.69 Å². The number of aryl methyl sites for hydroxylation is 1. The van der Waals surface area contributed by atoms with Crippen LogP contribution in [0.4, 0.5) is 11.4 Å². The Labute approximate surface area is 185 Å². The van der Waals surface area contributed by atoms with Gasteiger partial charge in [-0.05, 0) is 55.0 Å². The first kappa shape index (κ1) is 22.1. The normalized spacial score (nSPS) is 10.8. The van der Waals surface area contributed by atoms with Crippen molar-refractivity contribution >= 4 is 29.2 Å². The molecule has 0 aliphatic heterocycles. The zero-order chi connectivity index (χ0) is 22.1. The quantitative estimate of drug-likeness (QED) is 0.185. The van der Waals surface area contributed by atoms with Gasteiger partial charge < -0.3 is 9.47 Å². The molecule has 0 bridgehead atoms. The lowest BCUT2D eigenvalue weighted by atomic mass is 10.2. The third kappa shape index (κ3) is 6.72. The summed E-state index contributed by atoms with van der Waals surface area (Å²) in [5, 5.41) is 15.6. The molecular weight excluding hydrogens is 418 g/mol. The zero-order valence-electron chi connectivity index (χ0n) is 17.0. The molecule has 160 valence electrons. The second-order valence-electron chi connectivity index (χ2n) is 6.67. The number of nitro benzene ring substituents is 1. The number of rotatable bonds is 10. The van der Waals surface area contributed by atoms with E-state index >= 15 is 0 Å². The van der Waals surface area contributed by atoms with Gasteiger partial charge in [-0.2, -0.15) is 5.10 Å². The van der Waals surface area contributed by atoms with Gasteiger partial charge in [-0.3, -0.25) is 15.5 Å². The van der Waals surface area contributed by atoms with E-state index in [1.807, 2.05) is 49.4 Å². The minimum absolute atomic E-state index is 0.0310. The van der Waals surface area contributed by atoms with Crippen LogP contribution in [0.5, 0.6) is 11.5 Å². The monoisotopic (exact) mass is 439 g/mol. The van der Waals surface area contributed by atoms with Gasteiger partial charge in [0.05, 0.1) is 30.0 Å². The lowest BCUT2D eigenvalue weighted by molar-refractivity contribution is -0.384. The molecule has 0 spiro atoms. The van der Waals surface area contributed by atoms with Crippen LogP contribution < -0.4 is 14.9 Å². The molecule has 8 heteroatoms. The minimum Gasteiger partial charge on any atom is -0.493 e. The molecule has 3 aromatic carbocycles. The Bertz CT molecular complexity index is 1050. The van der Waals surface area contributed by atoms with E-state index in [1.54, 1.807) is 18.3 Å². The number of hydrazone groups is 1. The Balaban J connectivity index is 1.47. The van der Waals surface area contributed by atoms with E-state index in [-0.39, 0.29) is 5.69 Å². The molecule has 7 nitrogen and oxygen atoms in total. The second-order valence-corrected chi connectivity index (χ2v) is 7.08. The predicted molar refractivity (Wildman–Crippen MR) is 123 cm³/mol. The van der Waals surface area contributed by atoms with Crippen molar-refractivity contribution in [3.63, 3.8) is 0 Å². The van der Waals surface area contributed by atoms with Crippen molar-refractivity contribution in [2.24, 2.45) is 5.10 Å². The van der Waals surface area contributed by atoms with Gasteiger partial charge in [-0.1, -0.05) is 23.7 Å². The first-order valence-corrected chi connectivity index (χ1v) is 10.0. The number of non-ortho nitro benzene ring substituents is 1. The Morgan fingerprint density at radius 3 is 2.55 bits per heavy atom. The molecule has 0 atom stereocenters. The van der Waals surface area contributed by atoms with E-state index in [2.05, 4.69) is 10.5 Å². The molecule has 0 fully saturated rings. The number of anilines is 1. The highest BCUT2D eigenvalue weighted by molar-refractivity contribution is 6.31. The van der Waals surface area contributed by atoms with E-state index in [4.69, 9.17) is 21.1 Å². The predicted octanol–water partition coefficient (Wildman–Crippen LogP) is 5.85. The number of nitro groups is 1. The molecule has 0 amide bonds. The van der Waals surface area contributed by atoms with E-state index in [0.717, 1.165) is 21.9 Å². The maximum atomic E-state index is 10.7. The largest absolute Gasteiger partial charge is 0.493 e. The smallest absolute Gasteiger partial charge is 0.269 e. The summed E-state index contributed by atoms with van der Waals surface area (Å²) in [6.07, 6.45) is 2.36. The van der Waals surface area contributed by atoms with Crippen molar-refractivity contribution in [2.75, 3.05) is 18.6 Å². The van der Waals surface area contributed by atoms with Crippen molar-refractivity contribution in [3.05, 3.63) is 93.0 Å². The average Bonchev–Trinajstić information content (AvgIpc) is 2.77. The number of nitrogens with one attached hydrogen (secondary N) is 1.